The molecule has 3 N–H and O–H groups in total. The lowest BCUT2D eigenvalue weighted by Crippen LogP contribution is -2.36. The van der Waals surface area contributed by atoms with Gasteiger partial charge in [0.15, 0.2) is 23.3 Å². The monoisotopic (exact) mass is 282 g/mol. The molecule has 1 amide bonds. The summed E-state index contributed by atoms with van der Waals surface area (Å²) in [6, 6.07) is 0. The first-order valence-electron chi connectivity index (χ1n) is 5.14. The van der Waals surface area contributed by atoms with E-state index in [0.717, 1.165) is 0 Å². The summed E-state index contributed by atoms with van der Waals surface area (Å²) in [5.74, 6) is -11.7. The van der Waals surface area contributed by atoms with E-state index < -0.39 is 46.2 Å². The quantitative estimate of drug-likeness (QED) is 0.508. The standard InChI is InChI=1S/C11H11F5N2O/c1-11(2,17)3-4(19)18-10-8(15)6(13)5(12)7(14)9(10)16/h3,17H2,1-2H3,(H,18,19). The van der Waals surface area contributed by atoms with Crippen LogP contribution in [0, 0.1) is 29.1 Å². The molecule has 0 radical (unpaired) electrons. The van der Waals surface area contributed by atoms with Gasteiger partial charge in [-0.05, 0) is 13.8 Å². The topological polar surface area (TPSA) is 55.1 Å². The second kappa shape index (κ2) is 5.12. The number of hydrogen-bond acceptors (Lipinski definition) is 2. The fraction of sp³-hybridized carbons (Fsp3) is 0.364. The van der Waals surface area contributed by atoms with Crippen LogP contribution in [-0.2, 0) is 4.79 Å². The number of rotatable bonds is 3. The molecule has 0 saturated heterocycles. The van der Waals surface area contributed by atoms with Crippen LogP contribution in [0.2, 0.25) is 0 Å². The molecule has 0 heterocycles. The Kier molecular flexibility index (Phi) is 4.14. The molecule has 0 fully saturated rings. The zero-order valence-corrected chi connectivity index (χ0v) is 10.1. The van der Waals surface area contributed by atoms with E-state index in [1.807, 2.05) is 0 Å². The normalized spacial score (nSPS) is 11.6. The molecule has 106 valence electrons. The van der Waals surface area contributed by atoms with Gasteiger partial charge in [-0.3, -0.25) is 4.79 Å². The first-order valence-corrected chi connectivity index (χ1v) is 5.14. The Bertz CT molecular complexity index is 496. The van der Waals surface area contributed by atoms with Crippen molar-refractivity contribution in [2.75, 3.05) is 5.32 Å². The molecule has 0 aromatic heterocycles. The zero-order valence-electron chi connectivity index (χ0n) is 10.1. The van der Waals surface area contributed by atoms with E-state index in [-0.39, 0.29) is 6.42 Å². The van der Waals surface area contributed by atoms with Crippen molar-refractivity contribution in [3.05, 3.63) is 29.1 Å². The highest BCUT2D eigenvalue weighted by Crippen LogP contribution is 2.27. The van der Waals surface area contributed by atoms with Crippen LogP contribution in [0.25, 0.3) is 0 Å². The van der Waals surface area contributed by atoms with Gasteiger partial charge < -0.3 is 11.1 Å². The Balaban J connectivity index is 3.13. The molecule has 1 rings (SSSR count). The van der Waals surface area contributed by atoms with Crippen LogP contribution in [0.1, 0.15) is 20.3 Å². The molecular weight excluding hydrogens is 271 g/mol. The minimum atomic E-state index is -2.29. The largest absolute Gasteiger partial charge is 0.325 e. The molecule has 0 aliphatic heterocycles. The molecule has 0 spiro atoms. The maximum Gasteiger partial charge on any atom is 0.226 e. The average molecular weight is 282 g/mol. The number of hydrogen-bond donors (Lipinski definition) is 2. The van der Waals surface area contributed by atoms with E-state index in [1.54, 1.807) is 5.32 Å². The van der Waals surface area contributed by atoms with Crippen molar-refractivity contribution >= 4 is 11.6 Å². The molecule has 8 heteroatoms. The molecule has 0 atom stereocenters. The van der Waals surface area contributed by atoms with Crippen LogP contribution < -0.4 is 11.1 Å². The summed E-state index contributed by atoms with van der Waals surface area (Å²) in [7, 11) is 0. The van der Waals surface area contributed by atoms with Crippen LogP contribution in [0.4, 0.5) is 27.6 Å². The van der Waals surface area contributed by atoms with Crippen LogP contribution >= 0.6 is 0 Å². The third-order valence-corrected chi connectivity index (χ3v) is 2.09. The van der Waals surface area contributed by atoms with Crippen LogP contribution in [0.3, 0.4) is 0 Å². The number of amides is 1. The lowest BCUT2D eigenvalue weighted by molar-refractivity contribution is -0.117. The fourth-order valence-electron chi connectivity index (χ4n) is 1.31. The number of nitrogens with one attached hydrogen (secondary N) is 1. The Hall–Kier alpha value is -1.70. The number of benzene rings is 1. The fourth-order valence-corrected chi connectivity index (χ4v) is 1.31. The van der Waals surface area contributed by atoms with Gasteiger partial charge in [0.2, 0.25) is 11.7 Å². The molecular formula is C11H11F5N2O. The molecule has 0 aliphatic rings. The SMILES string of the molecule is CC(C)(N)CC(=O)Nc1c(F)c(F)c(F)c(F)c1F. The lowest BCUT2D eigenvalue weighted by Gasteiger charge is -2.18. The number of anilines is 1. The molecule has 0 saturated carbocycles. The van der Waals surface area contributed by atoms with Gasteiger partial charge in [-0.15, -0.1) is 0 Å². The molecule has 19 heavy (non-hydrogen) atoms. The maximum atomic E-state index is 13.2. The molecule has 0 unspecified atom stereocenters. The van der Waals surface area contributed by atoms with E-state index in [0.29, 0.717) is 0 Å². The van der Waals surface area contributed by atoms with E-state index in [9.17, 15) is 26.7 Å². The maximum absolute atomic E-state index is 13.2. The first-order chi connectivity index (χ1) is 8.54. The van der Waals surface area contributed by atoms with E-state index in [4.69, 9.17) is 5.73 Å². The predicted molar refractivity (Wildman–Crippen MR) is 57.7 cm³/mol. The van der Waals surface area contributed by atoms with Gasteiger partial charge in [0.05, 0.1) is 0 Å². The number of halogens is 5. The summed E-state index contributed by atoms with van der Waals surface area (Å²) in [5.41, 5.74) is 3.12. The number of nitrogens with two attached hydrogens (primary N) is 1. The summed E-state index contributed by atoms with van der Waals surface area (Å²) in [5, 5.41) is 1.63. The Morgan fingerprint density at radius 1 is 1.00 bits per heavy atom. The highest BCUT2D eigenvalue weighted by molar-refractivity contribution is 5.91. The van der Waals surface area contributed by atoms with E-state index in [2.05, 4.69) is 0 Å². The van der Waals surface area contributed by atoms with Crippen LogP contribution in [-0.4, -0.2) is 11.4 Å². The van der Waals surface area contributed by atoms with E-state index in [1.165, 1.54) is 13.8 Å². The van der Waals surface area contributed by atoms with Gasteiger partial charge in [-0.25, -0.2) is 22.0 Å². The summed E-state index contributed by atoms with van der Waals surface area (Å²) in [4.78, 5) is 11.4. The third-order valence-electron chi connectivity index (χ3n) is 2.09. The molecule has 0 bridgehead atoms. The van der Waals surface area contributed by atoms with Crippen molar-refractivity contribution in [1.29, 1.82) is 0 Å². The summed E-state index contributed by atoms with van der Waals surface area (Å²) >= 11 is 0. The number of carbonyl (C=O) groups is 1. The Labute approximate surface area is 105 Å². The summed E-state index contributed by atoms with van der Waals surface area (Å²) < 4.78 is 64.9. The first kappa shape index (κ1) is 15.4. The minimum Gasteiger partial charge on any atom is -0.325 e. The smallest absolute Gasteiger partial charge is 0.226 e. The van der Waals surface area contributed by atoms with Crippen molar-refractivity contribution in [3.8, 4) is 0 Å². The summed E-state index contributed by atoms with van der Waals surface area (Å²) in [6.07, 6.45) is -0.355. The molecule has 1 aromatic carbocycles. The Morgan fingerprint density at radius 2 is 1.37 bits per heavy atom. The number of carbonyl (C=O) groups excluding carboxylic acids is 1. The van der Waals surface area contributed by atoms with Crippen LogP contribution in [0.15, 0.2) is 0 Å². The van der Waals surface area contributed by atoms with E-state index >= 15 is 0 Å². The van der Waals surface area contributed by atoms with Crippen molar-refractivity contribution in [2.24, 2.45) is 5.73 Å². The zero-order chi connectivity index (χ0) is 15.0. The molecule has 0 aliphatic carbocycles. The lowest BCUT2D eigenvalue weighted by atomic mass is 10.0. The molecule has 1 aromatic rings. The van der Waals surface area contributed by atoms with Gasteiger partial charge in [0.1, 0.15) is 5.69 Å². The van der Waals surface area contributed by atoms with Crippen molar-refractivity contribution < 1.29 is 26.7 Å². The second-order valence-electron chi connectivity index (χ2n) is 4.66. The van der Waals surface area contributed by atoms with Crippen molar-refractivity contribution in [3.63, 3.8) is 0 Å². The average Bonchev–Trinajstić information content (AvgIpc) is 2.27. The predicted octanol–water partition coefficient (Wildman–Crippen LogP) is 2.45. The highest BCUT2D eigenvalue weighted by atomic mass is 19.2. The minimum absolute atomic E-state index is 0.355. The van der Waals surface area contributed by atoms with Gasteiger partial charge in [-0.1, -0.05) is 0 Å². The molecule has 3 nitrogen and oxygen atoms in total. The van der Waals surface area contributed by atoms with Gasteiger partial charge in [0.25, 0.3) is 0 Å². The summed E-state index contributed by atoms with van der Waals surface area (Å²) in [6.45, 7) is 2.93. The van der Waals surface area contributed by atoms with Gasteiger partial charge in [0, 0.05) is 12.0 Å². The Morgan fingerprint density at radius 3 is 1.74 bits per heavy atom. The van der Waals surface area contributed by atoms with Gasteiger partial charge in [-0.2, -0.15) is 0 Å². The highest BCUT2D eigenvalue weighted by Gasteiger charge is 2.27. The van der Waals surface area contributed by atoms with Crippen molar-refractivity contribution in [1.82, 2.24) is 0 Å². The second-order valence-corrected chi connectivity index (χ2v) is 4.66. The third kappa shape index (κ3) is 3.40. The van der Waals surface area contributed by atoms with Crippen molar-refractivity contribution in [2.45, 2.75) is 25.8 Å². The van der Waals surface area contributed by atoms with Gasteiger partial charge >= 0.3 is 0 Å². The van der Waals surface area contributed by atoms with Crippen LogP contribution in [0.5, 0.6) is 0 Å².